The number of hydrogen-bond acceptors (Lipinski definition) is 3. The van der Waals surface area contributed by atoms with Crippen LogP contribution in [0.2, 0.25) is 0 Å². The highest BCUT2D eigenvalue weighted by Gasteiger charge is 2.43. The highest BCUT2D eigenvalue weighted by Crippen LogP contribution is 2.41. The number of alkyl halides is 2. The lowest BCUT2D eigenvalue weighted by Crippen LogP contribution is -2.25. The summed E-state index contributed by atoms with van der Waals surface area (Å²) >= 11 is 5.39. The molecule has 0 bridgehead atoms. The zero-order valence-corrected chi connectivity index (χ0v) is 12.3. The average molecular weight is 429 g/mol. The van der Waals surface area contributed by atoms with Gasteiger partial charge in [0.25, 0.3) is 0 Å². The Kier molecular flexibility index (Phi) is 2.73. The molecule has 0 spiro atoms. The van der Waals surface area contributed by atoms with Crippen LogP contribution in [-0.4, -0.2) is 16.1 Å². The Morgan fingerprint density at radius 3 is 2.67 bits per heavy atom. The molecule has 1 aromatic heterocycles. The molecule has 3 rings (SSSR count). The molecule has 0 atom stereocenters. The summed E-state index contributed by atoms with van der Waals surface area (Å²) in [4.78, 5) is 0. The molecular formula is C10H4BrF2IN2O2. The standard InChI is InChI=1S/C10H4BrF2IN2O2/c11-9-6(14)4-16(15-9)5-1-2-7-8(3-5)18-10(12,13)17-7/h1-4H. The van der Waals surface area contributed by atoms with Gasteiger partial charge in [-0.1, -0.05) is 0 Å². The minimum atomic E-state index is -3.60. The minimum Gasteiger partial charge on any atom is -0.395 e. The smallest absolute Gasteiger partial charge is 0.395 e. The number of fused-ring (bicyclic) bond motifs is 1. The number of hydrogen-bond donors (Lipinski definition) is 0. The van der Waals surface area contributed by atoms with Crippen molar-refractivity contribution in [1.82, 2.24) is 9.78 Å². The third-order valence-corrected chi connectivity index (χ3v) is 4.39. The van der Waals surface area contributed by atoms with Crippen LogP contribution in [0.3, 0.4) is 0 Å². The van der Waals surface area contributed by atoms with Crippen LogP contribution in [0.4, 0.5) is 8.78 Å². The van der Waals surface area contributed by atoms with Crippen molar-refractivity contribution in [2.75, 3.05) is 0 Å². The second-order valence-corrected chi connectivity index (χ2v) is 5.42. The molecule has 0 fully saturated rings. The van der Waals surface area contributed by atoms with Crippen LogP contribution in [0.15, 0.2) is 29.0 Å². The summed E-state index contributed by atoms with van der Waals surface area (Å²) in [6.07, 6.45) is -1.83. The summed E-state index contributed by atoms with van der Waals surface area (Å²) in [7, 11) is 0. The molecule has 0 saturated heterocycles. The van der Waals surface area contributed by atoms with Gasteiger partial charge < -0.3 is 9.47 Å². The number of aromatic nitrogens is 2. The first-order valence-corrected chi connectivity index (χ1v) is 6.63. The molecule has 1 aliphatic heterocycles. The summed E-state index contributed by atoms with van der Waals surface area (Å²) in [5.41, 5.74) is 0.610. The van der Waals surface area contributed by atoms with Gasteiger partial charge in [0.1, 0.15) is 4.60 Å². The van der Waals surface area contributed by atoms with Crippen molar-refractivity contribution in [1.29, 1.82) is 0 Å². The van der Waals surface area contributed by atoms with E-state index in [2.05, 4.69) is 53.1 Å². The summed E-state index contributed by atoms with van der Waals surface area (Å²) in [5.74, 6) is 0.0174. The van der Waals surface area contributed by atoms with Crippen LogP contribution in [-0.2, 0) is 0 Å². The maximum absolute atomic E-state index is 12.9. The van der Waals surface area contributed by atoms with E-state index in [1.54, 1.807) is 16.9 Å². The Balaban J connectivity index is 2.02. The van der Waals surface area contributed by atoms with E-state index in [1.165, 1.54) is 12.1 Å². The number of rotatable bonds is 1. The molecule has 2 heterocycles. The van der Waals surface area contributed by atoms with Crippen LogP contribution >= 0.6 is 38.5 Å². The Hall–Kier alpha value is -0.900. The Bertz CT molecular complexity index is 613. The van der Waals surface area contributed by atoms with E-state index < -0.39 is 6.29 Å². The molecule has 8 heteroatoms. The van der Waals surface area contributed by atoms with Gasteiger partial charge in [0.15, 0.2) is 11.5 Å². The first-order valence-electron chi connectivity index (χ1n) is 4.75. The largest absolute Gasteiger partial charge is 0.586 e. The van der Waals surface area contributed by atoms with Gasteiger partial charge in [0, 0.05) is 12.3 Å². The van der Waals surface area contributed by atoms with E-state index >= 15 is 0 Å². The monoisotopic (exact) mass is 428 g/mol. The topological polar surface area (TPSA) is 36.3 Å². The molecule has 18 heavy (non-hydrogen) atoms. The molecule has 94 valence electrons. The third-order valence-electron chi connectivity index (χ3n) is 2.28. The van der Waals surface area contributed by atoms with Crippen molar-refractivity contribution in [2.24, 2.45) is 0 Å². The third kappa shape index (κ3) is 2.07. The number of halogens is 4. The molecule has 0 N–H and O–H groups in total. The predicted molar refractivity (Wildman–Crippen MR) is 70.2 cm³/mol. The van der Waals surface area contributed by atoms with Gasteiger partial charge in [0.2, 0.25) is 0 Å². The van der Waals surface area contributed by atoms with Gasteiger partial charge in [-0.25, -0.2) is 4.68 Å². The van der Waals surface area contributed by atoms with Crippen LogP contribution in [0, 0.1) is 3.57 Å². The average Bonchev–Trinajstić information content (AvgIpc) is 2.76. The van der Waals surface area contributed by atoms with E-state index in [9.17, 15) is 8.78 Å². The van der Waals surface area contributed by atoms with Gasteiger partial charge in [-0.2, -0.15) is 5.10 Å². The number of benzene rings is 1. The lowest BCUT2D eigenvalue weighted by atomic mass is 10.3. The van der Waals surface area contributed by atoms with E-state index in [0.717, 1.165) is 3.57 Å². The van der Waals surface area contributed by atoms with E-state index in [4.69, 9.17) is 0 Å². The van der Waals surface area contributed by atoms with Crippen LogP contribution < -0.4 is 9.47 Å². The van der Waals surface area contributed by atoms with Crippen LogP contribution in [0.5, 0.6) is 11.5 Å². The van der Waals surface area contributed by atoms with Gasteiger partial charge >= 0.3 is 6.29 Å². The SMILES string of the molecule is FC1(F)Oc2ccc(-n3cc(I)c(Br)n3)cc2O1. The Labute approximate surface area is 122 Å². The molecule has 0 saturated carbocycles. The van der Waals surface area contributed by atoms with Gasteiger partial charge in [-0.05, 0) is 50.7 Å². The van der Waals surface area contributed by atoms with E-state index in [1.807, 2.05) is 0 Å². The minimum absolute atomic E-state index is 0.000805. The lowest BCUT2D eigenvalue weighted by molar-refractivity contribution is -0.286. The van der Waals surface area contributed by atoms with E-state index in [-0.39, 0.29) is 11.5 Å². The molecule has 0 aliphatic carbocycles. The van der Waals surface area contributed by atoms with Crippen molar-refractivity contribution in [3.05, 3.63) is 32.6 Å². The Morgan fingerprint density at radius 2 is 2.00 bits per heavy atom. The summed E-state index contributed by atoms with van der Waals surface area (Å²) < 4.78 is 37.6. The fourth-order valence-corrected chi connectivity index (χ4v) is 2.19. The van der Waals surface area contributed by atoms with Crippen molar-refractivity contribution < 1.29 is 18.3 Å². The zero-order valence-electron chi connectivity index (χ0n) is 8.53. The summed E-state index contributed by atoms with van der Waals surface area (Å²) in [6, 6.07) is 4.50. The maximum Gasteiger partial charge on any atom is 0.586 e. The van der Waals surface area contributed by atoms with Crippen LogP contribution in [0.1, 0.15) is 0 Å². The molecule has 4 nitrogen and oxygen atoms in total. The quantitative estimate of drug-likeness (QED) is 0.651. The van der Waals surface area contributed by atoms with Gasteiger partial charge in [-0.3, -0.25) is 0 Å². The zero-order chi connectivity index (χ0) is 12.9. The molecule has 1 aromatic carbocycles. The number of nitrogens with zero attached hydrogens (tertiary/aromatic N) is 2. The van der Waals surface area contributed by atoms with E-state index in [0.29, 0.717) is 10.3 Å². The summed E-state index contributed by atoms with van der Waals surface area (Å²) in [6.45, 7) is 0. The summed E-state index contributed by atoms with van der Waals surface area (Å²) in [5, 5.41) is 4.18. The molecule has 0 unspecified atom stereocenters. The predicted octanol–water partition coefficient (Wildman–Crippen LogP) is 3.56. The second kappa shape index (κ2) is 4.05. The molecule has 0 amide bonds. The Morgan fingerprint density at radius 1 is 1.28 bits per heavy atom. The second-order valence-electron chi connectivity index (χ2n) is 3.51. The highest BCUT2D eigenvalue weighted by atomic mass is 127. The fraction of sp³-hybridized carbons (Fsp3) is 0.100. The first kappa shape index (κ1) is 12.2. The molecule has 0 radical (unpaired) electrons. The normalized spacial score (nSPS) is 16.0. The van der Waals surface area contributed by atoms with Crippen molar-refractivity contribution in [3.8, 4) is 17.2 Å². The lowest BCUT2D eigenvalue weighted by Gasteiger charge is -2.04. The van der Waals surface area contributed by atoms with Gasteiger partial charge in [-0.15, -0.1) is 8.78 Å². The number of ether oxygens (including phenoxy) is 2. The van der Waals surface area contributed by atoms with Crippen molar-refractivity contribution in [2.45, 2.75) is 6.29 Å². The molecule has 1 aliphatic rings. The van der Waals surface area contributed by atoms with Crippen LogP contribution in [0.25, 0.3) is 5.69 Å². The fourth-order valence-electron chi connectivity index (χ4n) is 1.54. The maximum atomic E-state index is 12.9. The molecular weight excluding hydrogens is 425 g/mol. The van der Waals surface area contributed by atoms with Crippen molar-refractivity contribution in [3.63, 3.8) is 0 Å². The van der Waals surface area contributed by atoms with Crippen molar-refractivity contribution >= 4 is 38.5 Å². The molecule has 2 aromatic rings. The van der Waals surface area contributed by atoms with Gasteiger partial charge in [0.05, 0.1) is 9.26 Å². The first-order chi connectivity index (χ1) is 8.44. The highest BCUT2D eigenvalue weighted by molar-refractivity contribution is 14.1.